The second-order valence-corrected chi connectivity index (χ2v) is 12.4. The minimum Gasteiger partial charge on any atom is -0.496 e. The van der Waals surface area contributed by atoms with Crippen molar-refractivity contribution in [1.29, 1.82) is 5.26 Å². The molecule has 0 spiro atoms. The van der Waals surface area contributed by atoms with Gasteiger partial charge in [0, 0.05) is 29.1 Å². The predicted octanol–water partition coefficient (Wildman–Crippen LogP) is 5.40. The molecule has 42 heavy (non-hydrogen) atoms. The molecule has 2 aliphatic heterocycles. The maximum absolute atomic E-state index is 14.0. The average molecular weight is 601 g/mol. The van der Waals surface area contributed by atoms with Gasteiger partial charge in [0.2, 0.25) is 0 Å². The van der Waals surface area contributed by atoms with E-state index in [1.54, 1.807) is 36.6 Å². The fourth-order valence-corrected chi connectivity index (χ4v) is 6.71. The first-order valence-electron chi connectivity index (χ1n) is 13.5. The van der Waals surface area contributed by atoms with E-state index in [2.05, 4.69) is 5.32 Å². The highest BCUT2D eigenvalue weighted by Crippen LogP contribution is 2.45. The fraction of sp³-hybridized carbons (Fsp3) is 0.433. The quantitative estimate of drug-likeness (QED) is 0.394. The van der Waals surface area contributed by atoms with Gasteiger partial charge < -0.3 is 24.6 Å². The summed E-state index contributed by atoms with van der Waals surface area (Å²) in [5.41, 5.74) is 0.419. The van der Waals surface area contributed by atoms with Gasteiger partial charge >= 0.3 is 6.18 Å². The number of aliphatic hydroxyl groups excluding tert-OH is 1. The third kappa shape index (κ3) is 4.94. The number of hydrogen-bond donors (Lipinski definition) is 2. The lowest BCUT2D eigenvalue weighted by Gasteiger charge is -2.40. The Kier molecular flexibility index (Phi) is 7.39. The van der Waals surface area contributed by atoms with E-state index in [0.29, 0.717) is 42.0 Å². The van der Waals surface area contributed by atoms with Crippen LogP contribution >= 0.6 is 11.3 Å². The van der Waals surface area contributed by atoms with Crippen molar-refractivity contribution in [2.75, 3.05) is 13.7 Å². The van der Waals surface area contributed by atoms with Gasteiger partial charge in [0.05, 0.1) is 30.0 Å². The van der Waals surface area contributed by atoms with Gasteiger partial charge in [-0.25, -0.2) is 0 Å². The summed E-state index contributed by atoms with van der Waals surface area (Å²) < 4.78 is 48.3. The summed E-state index contributed by atoms with van der Waals surface area (Å²) in [6.07, 6.45) is -6.74. The lowest BCUT2D eigenvalue weighted by atomic mass is 9.90. The Morgan fingerprint density at radius 2 is 1.95 bits per heavy atom. The number of aromatic nitrogens is 1. The van der Waals surface area contributed by atoms with E-state index in [9.17, 15) is 33.1 Å². The lowest BCUT2D eigenvalue weighted by Crippen LogP contribution is -2.58. The topological polar surface area (TPSA) is 108 Å². The van der Waals surface area contributed by atoms with Crippen molar-refractivity contribution in [3.8, 4) is 33.5 Å². The van der Waals surface area contributed by atoms with Crippen molar-refractivity contribution in [1.82, 2.24) is 14.8 Å². The van der Waals surface area contributed by atoms with Crippen molar-refractivity contribution in [3.63, 3.8) is 0 Å². The summed E-state index contributed by atoms with van der Waals surface area (Å²) in [5.74, 6) is -0.760. The number of halogens is 3. The highest BCUT2D eigenvalue weighted by atomic mass is 32.1. The molecule has 1 saturated heterocycles. The van der Waals surface area contributed by atoms with Gasteiger partial charge in [-0.15, -0.1) is 11.3 Å². The maximum Gasteiger partial charge on any atom is 0.416 e. The van der Waals surface area contributed by atoms with E-state index in [0.717, 1.165) is 15.3 Å². The number of carbonyl (C=O) groups is 2. The Morgan fingerprint density at radius 3 is 2.57 bits per heavy atom. The Hall–Kier alpha value is -3.82. The van der Waals surface area contributed by atoms with Crippen LogP contribution in [0.25, 0.3) is 21.7 Å². The van der Waals surface area contributed by atoms with E-state index in [1.165, 1.54) is 25.4 Å². The fourth-order valence-electron chi connectivity index (χ4n) is 5.97. The molecule has 8 nitrogen and oxygen atoms in total. The SMILES string of the molecule is COc1cc2c(cc1C(=O)NC(C)(C)C#N)-c1c(-c3cccs3)cc(C(=O)N3CCC[C@]3(C)[C@H](O)C(F)(F)F)n1CC2. The molecule has 12 heteroatoms. The molecular formula is C30H31F3N4O4S. The number of aryl methyl sites for hydroxylation is 1. The number of hydrogen-bond acceptors (Lipinski definition) is 6. The molecule has 3 aromatic rings. The van der Waals surface area contributed by atoms with Crippen molar-refractivity contribution in [2.24, 2.45) is 0 Å². The molecule has 2 aliphatic rings. The smallest absolute Gasteiger partial charge is 0.416 e. The van der Waals surface area contributed by atoms with E-state index < -0.39 is 35.2 Å². The molecule has 2 N–H and O–H groups in total. The molecule has 1 aromatic carbocycles. The first-order valence-corrected chi connectivity index (χ1v) is 14.4. The van der Waals surface area contributed by atoms with Crippen molar-refractivity contribution in [2.45, 2.75) is 69.9 Å². The van der Waals surface area contributed by atoms with E-state index in [-0.39, 0.29) is 24.2 Å². The molecule has 0 unspecified atom stereocenters. The number of nitrogens with one attached hydrogen (secondary N) is 1. The van der Waals surface area contributed by atoms with Gasteiger partial charge in [0.25, 0.3) is 11.8 Å². The third-order valence-corrected chi connectivity index (χ3v) is 9.07. The number of benzene rings is 1. The van der Waals surface area contributed by atoms with Crippen LogP contribution in [0, 0.1) is 11.3 Å². The number of carbonyl (C=O) groups excluding carboxylic acids is 2. The Labute approximate surface area is 245 Å². The van der Waals surface area contributed by atoms with E-state index in [1.807, 2.05) is 23.6 Å². The number of thiophene rings is 1. The first kappa shape index (κ1) is 29.7. The number of ether oxygens (including phenoxy) is 1. The summed E-state index contributed by atoms with van der Waals surface area (Å²) in [6, 6.07) is 11.0. The van der Waals surface area contributed by atoms with Crippen LogP contribution < -0.4 is 10.1 Å². The molecule has 0 saturated carbocycles. The summed E-state index contributed by atoms with van der Waals surface area (Å²) >= 11 is 1.45. The predicted molar refractivity (Wildman–Crippen MR) is 151 cm³/mol. The number of nitriles is 1. The van der Waals surface area contributed by atoms with Crippen LogP contribution in [0.1, 0.15) is 60.0 Å². The molecular weight excluding hydrogens is 569 g/mol. The van der Waals surface area contributed by atoms with Crippen LogP contribution in [0.4, 0.5) is 13.2 Å². The monoisotopic (exact) mass is 600 g/mol. The van der Waals surface area contributed by atoms with Gasteiger partial charge in [0.15, 0.2) is 6.10 Å². The number of likely N-dealkylation sites (tertiary alicyclic amines) is 1. The van der Waals surface area contributed by atoms with Crippen molar-refractivity contribution >= 4 is 23.2 Å². The second-order valence-electron chi connectivity index (χ2n) is 11.4. The van der Waals surface area contributed by atoms with Crippen LogP contribution in [-0.2, 0) is 13.0 Å². The molecule has 4 heterocycles. The standard InChI is InChI=1S/C30H31F3N4O4S/c1-28(2,16-34)35-25(38)19-14-18-17(13-22(19)41-4)8-11-36-21(15-20(24(18)36)23-7-5-12-42-23)26(39)37-10-6-9-29(37,3)27(40)30(31,32)33/h5,7,12-15,27,40H,6,8-11H2,1-4H3,(H,35,38)/t27-,29+/m0/s1. The summed E-state index contributed by atoms with van der Waals surface area (Å²) in [7, 11) is 1.45. The minimum absolute atomic E-state index is 0.0188. The molecule has 2 amide bonds. The summed E-state index contributed by atoms with van der Waals surface area (Å²) in [5, 5.41) is 24.3. The lowest BCUT2D eigenvalue weighted by molar-refractivity contribution is -0.232. The highest BCUT2D eigenvalue weighted by Gasteiger charge is 2.56. The largest absolute Gasteiger partial charge is 0.496 e. The van der Waals surface area contributed by atoms with Gasteiger partial charge in [-0.1, -0.05) is 6.07 Å². The van der Waals surface area contributed by atoms with Gasteiger partial charge in [-0.3, -0.25) is 9.59 Å². The zero-order chi connectivity index (χ0) is 30.6. The number of amides is 2. The zero-order valence-corrected chi connectivity index (χ0v) is 24.4. The van der Waals surface area contributed by atoms with Gasteiger partial charge in [-0.05, 0) is 75.2 Å². The summed E-state index contributed by atoms with van der Waals surface area (Å²) in [6.45, 7) is 4.90. The number of methoxy groups -OCH3 is 1. The van der Waals surface area contributed by atoms with Crippen LogP contribution in [0.3, 0.4) is 0 Å². The molecule has 222 valence electrons. The number of rotatable bonds is 6. The number of nitrogens with zero attached hydrogens (tertiary/aromatic N) is 3. The van der Waals surface area contributed by atoms with Gasteiger partial charge in [0.1, 0.15) is 17.0 Å². The normalized spacial score (nSPS) is 19.1. The Morgan fingerprint density at radius 1 is 1.21 bits per heavy atom. The number of fused-ring (bicyclic) bond motifs is 3. The Balaban J connectivity index is 1.66. The van der Waals surface area contributed by atoms with Crippen LogP contribution in [-0.4, -0.2) is 63.4 Å². The van der Waals surface area contributed by atoms with Crippen LogP contribution in [0.2, 0.25) is 0 Å². The molecule has 0 aliphatic carbocycles. The summed E-state index contributed by atoms with van der Waals surface area (Å²) in [4.78, 5) is 29.3. The van der Waals surface area contributed by atoms with E-state index in [4.69, 9.17) is 4.74 Å². The number of aliphatic hydroxyl groups is 1. The van der Waals surface area contributed by atoms with Gasteiger partial charge in [-0.2, -0.15) is 18.4 Å². The maximum atomic E-state index is 14.0. The molecule has 1 fully saturated rings. The molecule has 2 atom stereocenters. The average Bonchev–Trinajstić information content (AvgIpc) is 3.69. The first-order chi connectivity index (χ1) is 19.7. The third-order valence-electron chi connectivity index (χ3n) is 8.16. The van der Waals surface area contributed by atoms with E-state index >= 15 is 0 Å². The zero-order valence-electron chi connectivity index (χ0n) is 23.6. The molecule has 2 aromatic heterocycles. The van der Waals surface area contributed by atoms with Crippen molar-refractivity contribution in [3.05, 3.63) is 52.5 Å². The van der Waals surface area contributed by atoms with Crippen molar-refractivity contribution < 1.29 is 32.6 Å². The highest BCUT2D eigenvalue weighted by molar-refractivity contribution is 7.13. The molecule has 5 rings (SSSR count). The minimum atomic E-state index is -4.88. The number of alkyl halides is 3. The molecule has 0 radical (unpaired) electrons. The second kappa shape index (κ2) is 10.5. The van der Waals surface area contributed by atoms with Crippen LogP contribution in [0.5, 0.6) is 5.75 Å². The molecule has 0 bridgehead atoms. The van der Waals surface area contributed by atoms with Crippen LogP contribution in [0.15, 0.2) is 35.7 Å². The Bertz CT molecular complexity index is 1590.